The van der Waals surface area contributed by atoms with E-state index in [1.807, 2.05) is 0 Å². The molecule has 1 aliphatic heterocycles. The van der Waals surface area contributed by atoms with E-state index in [0.717, 1.165) is 63.9 Å². The fourth-order valence-corrected chi connectivity index (χ4v) is 2.29. The first-order valence-corrected chi connectivity index (χ1v) is 9.26. The largest absolute Gasteiger partial charge is 0.478 e. The molecule has 2 nitrogen and oxygen atoms in total. The van der Waals surface area contributed by atoms with Crippen molar-refractivity contribution < 1.29 is 4.74 Å². The number of allylic oxidation sites excluding steroid dienone is 6. The molecule has 0 aliphatic carbocycles. The molecule has 1 heterocycles. The van der Waals surface area contributed by atoms with Gasteiger partial charge in [0.1, 0.15) is 6.61 Å². The van der Waals surface area contributed by atoms with Crippen molar-refractivity contribution in [3.05, 3.63) is 36.5 Å². The second kappa shape index (κ2) is 12.6. The van der Waals surface area contributed by atoms with E-state index in [1.165, 1.54) is 0 Å². The minimum atomic E-state index is -0.0249. The Hall–Kier alpha value is -1.75. The Morgan fingerprint density at radius 1 is 1.00 bits per heavy atom. The van der Waals surface area contributed by atoms with Crippen molar-refractivity contribution in [2.75, 3.05) is 6.61 Å². The van der Waals surface area contributed by atoms with Gasteiger partial charge in [-0.05, 0) is 46.0 Å². The summed E-state index contributed by atoms with van der Waals surface area (Å²) in [6.07, 6.45) is 21.3. The maximum Gasteiger partial charge on any atom is 0.183 e. The maximum absolute atomic E-state index is 5.58. The summed E-state index contributed by atoms with van der Waals surface area (Å²) in [7, 11) is 0. The number of ether oxygens (including phenoxy) is 1. The van der Waals surface area contributed by atoms with Crippen molar-refractivity contribution in [2.45, 2.75) is 77.7 Å². The maximum atomic E-state index is 5.58. The molecule has 0 aromatic carbocycles. The van der Waals surface area contributed by atoms with Crippen LogP contribution in [0.3, 0.4) is 0 Å². The molecule has 2 heteroatoms. The Morgan fingerprint density at radius 3 is 2.38 bits per heavy atom. The number of nitrogens with zero attached hydrogens (tertiary/aromatic N) is 1. The van der Waals surface area contributed by atoms with Crippen LogP contribution in [0.4, 0.5) is 0 Å². The molecular weight excluding hydrogens is 294 g/mol. The molecule has 1 aliphatic rings. The van der Waals surface area contributed by atoms with E-state index >= 15 is 0 Å². The summed E-state index contributed by atoms with van der Waals surface area (Å²) in [4.78, 5) is 4.56. The van der Waals surface area contributed by atoms with E-state index in [1.54, 1.807) is 0 Å². The minimum Gasteiger partial charge on any atom is -0.478 e. The molecule has 0 unspecified atom stereocenters. The fourth-order valence-electron chi connectivity index (χ4n) is 2.29. The highest BCUT2D eigenvalue weighted by molar-refractivity contribution is 5.78. The second-order valence-corrected chi connectivity index (χ2v) is 6.67. The average Bonchev–Trinajstić information content (AvgIpc) is 2.90. The van der Waals surface area contributed by atoms with Crippen molar-refractivity contribution in [2.24, 2.45) is 4.99 Å². The van der Waals surface area contributed by atoms with Crippen molar-refractivity contribution in [1.29, 1.82) is 0 Å². The molecule has 0 atom stereocenters. The monoisotopic (exact) mass is 327 g/mol. The summed E-state index contributed by atoms with van der Waals surface area (Å²) in [5, 5.41) is 0. The lowest BCUT2D eigenvalue weighted by Gasteiger charge is -2.07. The molecule has 132 valence electrons. The Morgan fingerprint density at radius 2 is 1.71 bits per heavy atom. The predicted octanol–water partition coefficient (Wildman–Crippen LogP) is 6.01. The molecule has 0 amide bonds. The van der Waals surface area contributed by atoms with Gasteiger partial charge in [-0.1, -0.05) is 49.3 Å². The molecule has 1 rings (SSSR count). The number of hydrogen-bond acceptors (Lipinski definition) is 2. The van der Waals surface area contributed by atoms with Crippen LogP contribution in [-0.2, 0) is 4.74 Å². The van der Waals surface area contributed by atoms with Crippen molar-refractivity contribution in [3.63, 3.8) is 0 Å². The van der Waals surface area contributed by atoms with Crippen LogP contribution in [0, 0.1) is 11.8 Å². The summed E-state index contributed by atoms with van der Waals surface area (Å²) < 4.78 is 5.58. The zero-order chi connectivity index (χ0) is 17.5. The standard InChI is InChI=1S/C22H33NO/c1-4-5-6-7-8-9-10-11-12-13-14-15-16-17-18-19-21-23-22(2,3)20-24-21/h5-6,8-9,11-12H,4,7,10,13,16-20H2,1-3H3/b6-5-,9-8-,12-11-. The lowest BCUT2D eigenvalue weighted by atomic mass is 10.1. The summed E-state index contributed by atoms with van der Waals surface area (Å²) in [6.45, 7) is 7.10. The highest BCUT2D eigenvalue weighted by Crippen LogP contribution is 2.19. The van der Waals surface area contributed by atoms with Gasteiger partial charge in [0.15, 0.2) is 5.90 Å². The summed E-state index contributed by atoms with van der Waals surface area (Å²) in [6, 6.07) is 0. The molecule has 0 saturated carbocycles. The van der Waals surface area contributed by atoms with Crippen LogP contribution in [0.5, 0.6) is 0 Å². The van der Waals surface area contributed by atoms with Crippen LogP contribution < -0.4 is 0 Å². The Labute approximate surface area is 148 Å². The predicted molar refractivity (Wildman–Crippen MR) is 105 cm³/mol. The molecule has 0 spiro atoms. The second-order valence-electron chi connectivity index (χ2n) is 6.67. The van der Waals surface area contributed by atoms with E-state index in [4.69, 9.17) is 4.74 Å². The van der Waals surface area contributed by atoms with Gasteiger partial charge in [-0.25, -0.2) is 4.99 Å². The quantitative estimate of drug-likeness (QED) is 0.274. The lowest BCUT2D eigenvalue weighted by Crippen LogP contribution is -2.17. The molecule has 0 fully saturated rings. The molecule has 0 aromatic heterocycles. The van der Waals surface area contributed by atoms with Gasteiger partial charge in [-0.15, -0.1) is 5.92 Å². The van der Waals surface area contributed by atoms with Gasteiger partial charge < -0.3 is 4.74 Å². The van der Waals surface area contributed by atoms with E-state index in [-0.39, 0.29) is 5.54 Å². The number of hydrogen-bond donors (Lipinski definition) is 0. The van der Waals surface area contributed by atoms with Crippen LogP contribution >= 0.6 is 0 Å². The third-order valence-electron chi connectivity index (χ3n) is 3.59. The first kappa shape index (κ1) is 20.3. The molecule has 0 radical (unpaired) electrons. The first-order valence-electron chi connectivity index (χ1n) is 9.26. The van der Waals surface area contributed by atoms with Crippen LogP contribution in [0.1, 0.15) is 72.1 Å². The summed E-state index contributed by atoms with van der Waals surface area (Å²) in [5.74, 6) is 7.38. The van der Waals surface area contributed by atoms with Gasteiger partial charge in [-0.2, -0.15) is 0 Å². The molecule has 0 saturated heterocycles. The zero-order valence-electron chi connectivity index (χ0n) is 15.7. The Balaban J connectivity index is 1.97. The van der Waals surface area contributed by atoms with Gasteiger partial charge in [0.2, 0.25) is 0 Å². The fraction of sp³-hybridized carbons (Fsp3) is 0.591. The topological polar surface area (TPSA) is 21.6 Å². The van der Waals surface area contributed by atoms with Gasteiger partial charge >= 0.3 is 0 Å². The highest BCUT2D eigenvalue weighted by Gasteiger charge is 2.25. The SMILES string of the molecule is CC/C=C\C/C=C\C/C=C\CC#CCCCCC1=NC(C)(C)CO1. The third kappa shape index (κ3) is 10.9. The number of unbranched alkanes of at least 4 members (excludes halogenated alkanes) is 2. The zero-order valence-corrected chi connectivity index (χ0v) is 15.7. The molecule has 24 heavy (non-hydrogen) atoms. The van der Waals surface area contributed by atoms with Crippen molar-refractivity contribution in [1.82, 2.24) is 0 Å². The van der Waals surface area contributed by atoms with Crippen molar-refractivity contribution in [3.8, 4) is 11.8 Å². The summed E-state index contributed by atoms with van der Waals surface area (Å²) >= 11 is 0. The van der Waals surface area contributed by atoms with Gasteiger partial charge in [0.05, 0.1) is 5.54 Å². The molecule has 0 aromatic rings. The van der Waals surface area contributed by atoms with Crippen LogP contribution in [0.2, 0.25) is 0 Å². The van der Waals surface area contributed by atoms with Gasteiger partial charge in [-0.3, -0.25) is 0 Å². The van der Waals surface area contributed by atoms with E-state index in [2.05, 4.69) is 74.1 Å². The van der Waals surface area contributed by atoms with E-state index < -0.39 is 0 Å². The highest BCUT2D eigenvalue weighted by atomic mass is 16.5. The number of rotatable bonds is 10. The number of aliphatic imine (C=N–C) groups is 1. The normalized spacial score (nSPS) is 16.5. The van der Waals surface area contributed by atoms with Crippen molar-refractivity contribution >= 4 is 5.90 Å². The van der Waals surface area contributed by atoms with Gasteiger partial charge in [0.25, 0.3) is 0 Å². The molecular formula is C22H33NO. The average molecular weight is 328 g/mol. The van der Waals surface area contributed by atoms with Gasteiger partial charge in [0, 0.05) is 19.3 Å². The third-order valence-corrected chi connectivity index (χ3v) is 3.59. The Kier molecular flexibility index (Phi) is 10.7. The molecule has 0 N–H and O–H groups in total. The summed E-state index contributed by atoms with van der Waals surface area (Å²) in [5.41, 5.74) is -0.0249. The van der Waals surface area contributed by atoms with Crippen LogP contribution in [-0.4, -0.2) is 18.0 Å². The smallest absolute Gasteiger partial charge is 0.183 e. The van der Waals surface area contributed by atoms with E-state index in [9.17, 15) is 0 Å². The van der Waals surface area contributed by atoms with E-state index in [0.29, 0.717) is 0 Å². The Bertz CT molecular complexity index is 512. The minimum absolute atomic E-state index is 0.0249. The molecule has 0 bridgehead atoms. The lowest BCUT2D eigenvalue weighted by molar-refractivity contribution is 0.273. The van der Waals surface area contributed by atoms with Crippen LogP contribution in [0.15, 0.2) is 41.4 Å². The van der Waals surface area contributed by atoms with Crippen LogP contribution in [0.25, 0.3) is 0 Å². The first-order chi connectivity index (χ1) is 11.6.